The topological polar surface area (TPSA) is 41.1 Å². The first kappa shape index (κ1) is 17.3. The molecule has 1 aromatic carbocycles. The van der Waals surface area contributed by atoms with Crippen molar-refractivity contribution < 1.29 is 4.79 Å². The zero-order valence-electron chi connectivity index (χ0n) is 11.9. The van der Waals surface area contributed by atoms with Gasteiger partial charge in [0, 0.05) is 11.6 Å². The van der Waals surface area contributed by atoms with Gasteiger partial charge in [0.25, 0.3) is 0 Å². The number of halogens is 2. The molecule has 1 amide bonds. The second-order valence-corrected chi connectivity index (χ2v) is 5.96. The number of carbonyl (C=O) groups is 1. The number of amides is 1. The first-order chi connectivity index (χ1) is 9.03. The Morgan fingerprint density at radius 1 is 1.45 bits per heavy atom. The van der Waals surface area contributed by atoms with Gasteiger partial charge in [-0.25, -0.2) is 0 Å². The minimum absolute atomic E-state index is 0. The van der Waals surface area contributed by atoms with Gasteiger partial charge in [0.2, 0.25) is 5.91 Å². The Morgan fingerprint density at radius 2 is 2.15 bits per heavy atom. The van der Waals surface area contributed by atoms with Crippen LogP contribution in [0.3, 0.4) is 0 Å². The van der Waals surface area contributed by atoms with Crippen LogP contribution in [0, 0.1) is 5.41 Å². The Bertz CT molecular complexity index is 459. The molecule has 1 heterocycles. The monoisotopic (exact) mass is 316 g/mol. The van der Waals surface area contributed by atoms with Gasteiger partial charge in [0.1, 0.15) is 0 Å². The van der Waals surface area contributed by atoms with Crippen LogP contribution >= 0.6 is 24.0 Å². The van der Waals surface area contributed by atoms with E-state index >= 15 is 0 Å². The zero-order chi connectivity index (χ0) is 13.9. The largest absolute Gasteiger partial charge is 0.349 e. The van der Waals surface area contributed by atoms with E-state index in [4.69, 9.17) is 11.6 Å². The smallest absolute Gasteiger partial charge is 0.227 e. The third-order valence-corrected chi connectivity index (χ3v) is 4.21. The van der Waals surface area contributed by atoms with Gasteiger partial charge < -0.3 is 10.6 Å². The molecule has 1 saturated heterocycles. The van der Waals surface area contributed by atoms with Gasteiger partial charge in [0.05, 0.1) is 11.5 Å². The van der Waals surface area contributed by atoms with Crippen LogP contribution in [0.4, 0.5) is 0 Å². The van der Waals surface area contributed by atoms with Crippen LogP contribution in [0.25, 0.3) is 0 Å². The highest BCUT2D eigenvalue weighted by molar-refractivity contribution is 6.31. The summed E-state index contributed by atoms with van der Waals surface area (Å²) in [6.07, 6.45) is 1.98. The van der Waals surface area contributed by atoms with Crippen molar-refractivity contribution in [2.24, 2.45) is 5.41 Å². The number of hydrogen-bond donors (Lipinski definition) is 2. The molecular weight excluding hydrogens is 295 g/mol. The maximum Gasteiger partial charge on any atom is 0.227 e. The molecule has 0 saturated carbocycles. The minimum atomic E-state index is -0.312. The average molecular weight is 317 g/mol. The van der Waals surface area contributed by atoms with Crippen LogP contribution in [0.5, 0.6) is 0 Å². The summed E-state index contributed by atoms with van der Waals surface area (Å²) < 4.78 is 0. The van der Waals surface area contributed by atoms with E-state index in [1.54, 1.807) is 0 Å². The fraction of sp³-hybridized carbons (Fsp3) is 0.533. The molecule has 0 radical (unpaired) electrons. The molecule has 2 rings (SSSR count). The van der Waals surface area contributed by atoms with Crippen LogP contribution in [0.1, 0.15) is 38.3 Å². The highest BCUT2D eigenvalue weighted by Crippen LogP contribution is 2.28. The summed E-state index contributed by atoms with van der Waals surface area (Å²) in [5.74, 6) is 0.104. The molecule has 1 fully saturated rings. The molecule has 0 aliphatic carbocycles. The summed E-state index contributed by atoms with van der Waals surface area (Å²) >= 11 is 6.16. The van der Waals surface area contributed by atoms with Crippen molar-refractivity contribution in [3.05, 3.63) is 34.9 Å². The quantitative estimate of drug-likeness (QED) is 0.898. The molecule has 2 atom stereocenters. The van der Waals surface area contributed by atoms with Crippen molar-refractivity contribution in [1.29, 1.82) is 0 Å². The Morgan fingerprint density at radius 3 is 2.75 bits per heavy atom. The first-order valence-electron chi connectivity index (χ1n) is 6.79. The van der Waals surface area contributed by atoms with Crippen LogP contribution in [0.2, 0.25) is 5.02 Å². The normalized spacial score (nSPS) is 23.6. The van der Waals surface area contributed by atoms with Crippen molar-refractivity contribution in [1.82, 2.24) is 10.6 Å². The first-order valence-corrected chi connectivity index (χ1v) is 7.17. The van der Waals surface area contributed by atoms with Crippen molar-refractivity contribution >= 4 is 29.9 Å². The number of benzene rings is 1. The van der Waals surface area contributed by atoms with E-state index in [0.29, 0.717) is 5.02 Å². The molecule has 0 bridgehead atoms. The van der Waals surface area contributed by atoms with Gasteiger partial charge in [-0.05, 0) is 44.9 Å². The van der Waals surface area contributed by atoms with E-state index in [1.807, 2.05) is 38.1 Å². The fourth-order valence-corrected chi connectivity index (χ4v) is 2.82. The lowest BCUT2D eigenvalue weighted by atomic mass is 9.81. The lowest BCUT2D eigenvalue weighted by Crippen LogP contribution is -2.49. The van der Waals surface area contributed by atoms with E-state index in [9.17, 15) is 4.79 Å². The predicted octanol–water partition coefficient (Wildman–Crippen LogP) is 3.33. The summed E-state index contributed by atoms with van der Waals surface area (Å²) in [5, 5.41) is 7.07. The second kappa shape index (κ2) is 7.30. The molecule has 0 spiro atoms. The maximum atomic E-state index is 12.4. The van der Waals surface area contributed by atoms with Crippen LogP contribution < -0.4 is 10.6 Å². The number of piperidine rings is 1. The summed E-state index contributed by atoms with van der Waals surface area (Å²) in [5.41, 5.74) is 0.651. The molecule has 1 aliphatic heterocycles. The van der Waals surface area contributed by atoms with E-state index in [0.717, 1.165) is 31.5 Å². The SMILES string of the molecule is CC(NC(=O)C1(C)CCCNC1)c1ccccc1Cl.Cl. The molecule has 1 aromatic rings. The number of rotatable bonds is 3. The summed E-state index contributed by atoms with van der Waals surface area (Å²) in [4.78, 5) is 12.4. The van der Waals surface area contributed by atoms with Gasteiger partial charge in [0.15, 0.2) is 0 Å². The van der Waals surface area contributed by atoms with E-state index in [2.05, 4.69) is 10.6 Å². The Kier molecular flexibility index (Phi) is 6.31. The van der Waals surface area contributed by atoms with Crippen molar-refractivity contribution in [2.45, 2.75) is 32.7 Å². The van der Waals surface area contributed by atoms with Crippen LogP contribution in [-0.4, -0.2) is 19.0 Å². The summed E-state index contributed by atoms with van der Waals surface area (Å²) in [6.45, 7) is 5.74. The molecule has 112 valence electrons. The number of nitrogens with one attached hydrogen (secondary N) is 2. The molecule has 2 N–H and O–H groups in total. The second-order valence-electron chi connectivity index (χ2n) is 5.56. The molecule has 1 aliphatic rings. The van der Waals surface area contributed by atoms with E-state index < -0.39 is 0 Å². The highest BCUT2D eigenvalue weighted by Gasteiger charge is 2.35. The standard InChI is InChI=1S/C15H21ClN2O.ClH/c1-11(12-6-3-4-7-13(12)16)18-14(19)15(2)8-5-9-17-10-15;/h3-4,6-7,11,17H,5,8-10H2,1-2H3,(H,18,19);1H. The lowest BCUT2D eigenvalue weighted by molar-refractivity contribution is -0.131. The Labute approximate surface area is 131 Å². The minimum Gasteiger partial charge on any atom is -0.349 e. The fourth-order valence-electron chi connectivity index (χ4n) is 2.52. The summed E-state index contributed by atoms with van der Waals surface area (Å²) in [7, 11) is 0. The van der Waals surface area contributed by atoms with Crippen molar-refractivity contribution in [3.63, 3.8) is 0 Å². The maximum absolute atomic E-state index is 12.4. The third kappa shape index (κ3) is 3.87. The van der Waals surface area contributed by atoms with Crippen LogP contribution in [0.15, 0.2) is 24.3 Å². The van der Waals surface area contributed by atoms with E-state index in [1.165, 1.54) is 0 Å². The van der Waals surface area contributed by atoms with Crippen LogP contribution in [-0.2, 0) is 4.79 Å². The van der Waals surface area contributed by atoms with Gasteiger partial charge in [-0.1, -0.05) is 29.8 Å². The van der Waals surface area contributed by atoms with Crippen molar-refractivity contribution in [2.75, 3.05) is 13.1 Å². The van der Waals surface area contributed by atoms with Gasteiger partial charge in [-0.15, -0.1) is 12.4 Å². The third-order valence-electron chi connectivity index (χ3n) is 3.86. The zero-order valence-corrected chi connectivity index (χ0v) is 13.5. The molecule has 20 heavy (non-hydrogen) atoms. The molecule has 3 nitrogen and oxygen atoms in total. The van der Waals surface area contributed by atoms with Gasteiger partial charge in [-0.3, -0.25) is 4.79 Å². The number of hydrogen-bond acceptors (Lipinski definition) is 2. The Balaban J connectivity index is 0.00000200. The summed E-state index contributed by atoms with van der Waals surface area (Å²) in [6, 6.07) is 7.57. The van der Waals surface area contributed by atoms with Crippen molar-refractivity contribution in [3.8, 4) is 0 Å². The predicted molar refractivity (Wildman–Crippen MR) is 85.5 cm³/mol. The van der Waals surface area contributed by atoms with Gasteiger partial charge in [-0.2, -0.15) is 0 Å². The molecule has 0 aromatic heterocycles. The number of carbonyl (C=O) groups excluding carboxylic acids is 1. The molecule has 5 heteroatoms. The Hall–Kier alpha value is -0.770. The van der Waals surface area contributed by atoms with Gasteiger partial charge >= 0.3 is 0 Å². The highest BCUT2D eigenvalue weighted by atomic mass is 35.5. The molecular formula is C15H22Cl2N2O. The average Bonchev–Trinajstić information content (AvgIpc) is 2.40. The van der Waals surface area contributed by atoms with E-state index in [-0.39, 0.29) is 29.8 Å². The molecule has 2 unspecified atom stereocenters. The lowest BCUT2D eigenvalue weighted by Gasteiger charge is -2.33.